The standard InChI is InChI=1S/C14H17NO2/c1-3-4-10-13(14(16)17-2)15-11-12-8-6-5-7-9-12/h3,5-9,11,13H,1,4,10H2,2H3/b15-11-. The van der Waals surface area contributed by atoms with E-state index in [9.17, 15) is 4.79 Å². The van der Waals surface area contributed by atoms with Gasteiger partial charge in [-0.3, -0.25) is 4.99 Å². The maximum atomic E-state index is 11.5. The fraction of sp³-hybridized carbons (Fsp3) is 0.286. The van der Waals surface area contributed by atoms with Gasteiger partial charge in [-0.25, -0.2) is 4.79 Å². The number of hydrogen-bond donors (Lipinski definition) is 0. The van der Waals surface area contributed by atoms with Gasteiger partial charge in [0.15, 0.2) is 0 Å². The van der Waals surface area contributed by atoms with Crippen LogP contribution in [0, 0.1) is 0 Å². The van der Waals surface area contributed by atoms with Crippen LogP contribution in [0.5, 0.6) is 0 Å². The van der Waals surface area contributed by atoms with Crippen LogP contribution in [-0.2, 0) is 9.53 Å². The van der Waals surface area contributed by atoms with Crippen molar-refractivity contribution < 1.29 is 9.53 Å². The molecule has 0 amide bonds. The van der Waals surface area contributed by atoms with Gasteiger partial charge in [-0.05, 0) is 18.4 Å². The van der Waals surface area contributed by atoms with Gasteiger partial charge in [-0.15, -0.1) is 6.58 Å². The van der Waals surface area contributed by atoms with E-state index in [-0.39, 0.29) is 5.97 Å². The summed E-state index contributed by atoms with van der Waals surface area (Å²) < 4.78 is 4.71. The number of rotatable bonds is 6. The van der Waals surface area contributed by atoms with Gasteiger partial charge in [0.05, 0.1) is 7.11 Å². The first-order valence-corrected chi connectivity index (χ1v) is 5.55. The van der Waals surface area contributed by atoms with Crippen molar-refractivity contribution in [3.63, 3.8) is 0 Å². The van der Waals surface area contributed by atoms with E-state index in [1.54, 1.807) is 12.3 Å². The molecule has 0 heterocycles. The zero-order valence-corrected chi connectivity index (χ0v) is 10.0. The van der Waals surface area contributed by atoms with Gasteiger partial charge in [0, 0.05) is 6.21 Å². The molecule has 0 saturated heterocycles. The van der Waals surface area contributed by atoms with E-state index < -0.39 is 6.04 Å². The van der Waals surface area contributed by atoms with Gasteiger partial charge in [-0.2, -0.15) is 0 Å². The molecular weight excluding hydrogens is 214 g/mol. The molecule has 3 nitrogen and oxygen atoms in total. The number of esters is 1. The zero-order chi connectivity index (χ0) is 12.5. The predicted octanol–water partition coefficient (Wildman–Crippen LogP) is 2.61. The Labute approximate surface area is 102 Å². The Morgan fingerprint density at radius 3 is 2.76 bits per heavy atom. The molecule has 0 aliphatic heterocycles. The summed E-state index contributed by atoms with van der Waals surface area (Å²) in [6.07, 6.45) is 4.84. The van der Waals surface area contributed by atoms with E-state index in [0.29, 0.717) is 6.42 Å². The lowest BCUT2D eigenvalue weighted by Crippen LogP contribution is -2.20. The first-order valence-electron chi connectivity index (χ1n) is 5.55. The number of carbonyl (C=O) groups excluding carboxylic acids is 1. The lowest BCUT2D eigenvalue weighted by atomic mass is 10.1. The number of nitrogens with zero attached hydrogens (tertiary/aromatic N) is 1. The highest BCUT2D eigenvalue weighted by atomic mass is 16.5. The Bertz CT molecular complexity index is 384. The number of ether oxygens (including phenoxy) is 1. The number of carbonyl (C=O) groups is 1. The van der Waals surface area contributed by atoms with Crippen molar-refractivity contribution in [1.29, 1.82) is 0 Å². The average Bonchev–Trinajstić information content (AvgIpc) is 2.39. The molecule has 1 rings (SSSR count). The molecule has 1 atom stereocenters. The van der Waals surface area contributed by atoms with Crippen LogP contribution < -0.4 is 0 Å². The third kappa shape index (κ3) is 4.64. The number of methoxy groups -OCH3 is 1. The Morgan fingerprint density at radius 2 is 2.18 bits per heavy atom. The number of hydrogen-bond acceptors (Lipinski definition) is 3. The predicted molar refractivity (Wildman–Crippen MR) is 69.3 cm³/mol. The smallest absolute Gasteiger partial charge is 0.330 e. The fourth-order valence-electron chi connectivity index (χ4n) is 1.38. The Balaban J connectivity index is 2.68. The van der Waals surface area contributed by atoms with Crippen LogP contribution in [0.4, 0.5) is 0 Å². The van der Waals surface area contributed by atoms with Crippen LogP contribution in [0.1, 0.15) is 18.4 Å². The van der Waals surface area contributed by atoms with Crippen molar-refractivity contribution in [3.05, 3.63) is 48.6 Å². The molecule has 90 valence electrons. The third-order valence-corrected chi connectivity index (χ3v) is 2.32. The molecular formula is C14H17NO2. The molecule has 17 heavy (non-hydrogen) atoms. The van der Waals surface area contributed by atoms with Crippen molar-refractivity contribution >= 4 is 12.2 Å². The second kappa shape index (κ2) is 7.39. The SMILES string of the molecule is C=CCCC(/N=C\c1ccccc1)C(=O)OC. The second-order valence-corrected chi connectivity index (χ2v) is 3.59. The van der Waals surface area contributed by atoms with Crippen LogP contribution in [0.15, 0.2) is 48.0 Å². The summed E-state index contributed by atoms with van der Waals surface area (Å²) in [6.45, 7) is 3.63. The highest BCUT2D eigenvalue weighted by Crippen LogP contribution is 2.05. The molecule has 0 bridgehead atoms. The number of allylic oxidation sites excluding steroid dienone is 1. The minimum absolute atomic E-state index is 0.306. The summed E-state index contributed by atoms with van der Waals surface area (Å²) in [5.74, 6) is -0.306. The molecule has 0 aromatic heterocycles. The minimum Gasteiger partial charge on any atom is -0.467 e. The van der Waals surface area contributed by atoms with E-state index in [1.165, 1.54) is 7.11 Å². The molecule has 0 aliphatic rings. The maximum absolute atomic E-state index is 11.5. The Kier molecular flexibility index (Phi) is 5.72. The van der Waals surface area contributed by atoms with Gasteiger partial charge < -0.3 is 4.74 Å². The van der Waals surface area contributed by atoms with Crippen LogP contribution in [0.25, 0.3) is 0 Å². The lowest BCUT2D eigenvalue weighted by Gasteiger charge is -2.08. The van der Waals surface area contributed by atoms with Gasteiger partial charge >= 0.3 is 5.97 Å². The molecule has 1 unspecified atom stereocenters. The highest BCUT2D eigenvalue weighted by molar-refractivity contribution is 5.83. The van der Waals surface area contributed by atoms with E-state index in [2.05, 4.69) is 11.6 Å². The summed E-state index contributed by atoms with van der Waals surface area (Å²) in [5.41, 5.74) is 0.972. The van der Waals surface area contributed by atoms with Gasteiger partial charge in [0.1, 0.15) is 6.04 Å². The van der Waals surface area contributed by atoms with Crippen molar-refractivity contribution in [2.24, 2.45) is 4.99 Å². The number of aliphatic imine (C=N–C) groups is 1. The fourth-order valence-corrected chi connectivity index (χ4v) is 1.38. The van der Waals surface area contributed by atoms with E-state index in [1.807, 2.05) is 30.3 Å². The summed E-state index contributed by atoms with van der Waals surface area (Å²) in [5, 5.41) is 0. The molecule has 0 spiro atoms. The molecule has 1 aromatic rings. The summed E-state index contributed by atoms with van der Waals surface area (Å²) in [7, 11) is 1.38. The monoisotopic (exact) mass is 231 g/mol. The Morgan fingerprint density at radius 1 is 1.47 bits per heavy atom. The van der Waals surface area contributed by atoms with Crippen molar-refractivity contribution in [2.45, 2.75) is 18.9 Å². The molecule has 1 aromatic carbocycles. The van der Waals surface area contributed by atoms with Gasteiger partial charge in [-0.1, -0.05) is 36.4 Å². The first kappa shape index (κ1) is 13.2. The van der Waals surface area contributed by atoms with Crippen molar-refractivity contribution in [2.75, 3.05) is 7.11 Å². The quantitative estimate of drug-likeness (QED) is 0.429. The van der Waals surface area contributed by atoms with Gasteiger partial charge in [0.25, 0.3) is 0 Å². The summed E-state index contributed by atoms with van der Waals surface area (Å²) in [6, 6.07) is 9.22. The lowest BCUT2D eigenvalue weighted by molar-refractivity contribution is -0.142. The molecule has 3 heteroatoms. The van der Waals surface area contributed by atoms with Crippen LogP contribution in [0.2, 0.25) is 0 Å². The molecule has 0 saturated carbocycles. The third-order valence-electron chi connectivity index (χ3n) is 2.32. The minimum atomic E-state index is -0.446. The van der Waals surface area contributed by atoms with E-state index in [0.717, 1.165) is 12.0 Å². The average molecular weight is 231 g/mol. The molecule has 0 aliphatic carbocycles. The topological polar surface area (TPSA) is 38.7 Å². The molecule has 0 radical (unpaired) electrons. The van der Waals surface area contributed by atoms with Crippen LogP contribution in [0.3, 0.4) is 0 Å². The van der Waals surface area contributed by atoms with Crippen LogP contribution in [-0.4, -0.2) is 25.3 Å². The van der Waals surface area contributed by atoms with E-state index in [4.69, 9.17) is 4.74 Å². The molecule has 0 fully saturated rings. The van der Waals surface area contributed by atoms with Crippen LogP contribution >= 0.6 is 0 Å². The summed E-state index contributed by atoms with van der Waals surface area (Å²) >= 11 is 0. The highest BCUT2D eigenvalue weighted by Gasteiger charge is 2.15. The molecule has 0 N–H and O–H groups in total. The second-order valence-electron chi connectivity index (χ2n) is 3.59. The largest absolute Gasteiger partial charge is 0.467 e. The maximum Gasteiger partial charge on any atom is 0.330 e. The summed E-state index contributed by atoms with van der Waals surface area (Å²) in [4.78, 5) is 15.7. The van der Waals surface area contributed by atoms with Crippen molar-refractivity contribution in [1.82, 2.24) is 0 Å². The van der Waals surface area contributed by atoms with E-state index >= 15 is 0 Å². The first-order chi connectivity index (χ1) is 8.27. The zero-order valence-electron chi connectivity index (χ0n) is 10.0. The number of benzene rings is 1. The normalized spacial score (nSPS) is 12.3. The van der Waals surface area contributed by atoms with Gasteiger partial charge in [0.2, 0.25) is 0 Å². The Hall–Kier alpha value is -1.90. The van der Waals surface area contributed by atoms with Crippen molar-refractivity contribution in [3.8, 4) is 0 Å².